The third-order valence-corrected chi connectivity index (χ3v) is 8.73. The van der Waals surface area contributed by atoms with Crippen LogP contribution in [-0.2, 0) is 16.4 Å². The number of sulfonamides is 1. The number of fused-ring (bicyclic) bond motifs is 1. The fraction of sp³-hybridized carbons (Fsp3) is 0.269. The first-order valence-electron chi connectivity index (χ1n) is 11.4. The molecular formula is C26H26ClN3O3S. The van der Waals surface area contributed by atoms with Gasteiger partial charge in [-0.1, -0.05) is 29.8 Å². The van der Waals surface area contributed by atoms with Crippen molar-refractivity contribution < 1.29 is 13.2 Å². The van der Waals surface area contributed by atoms with Crippen molar-refractivity contribution in [1.29, 1.82) is 0 Å². The van der Waals surface area contributed by atoms with Crippen LogP contribution in [0, 0.1) is 0 Å². The molecule has 0 radical (unpaired) electrons. The number of nitrogens with zero attached hydrogens (tertiary/aromatic N) is 3. The lowest BCUT2D eigenvalue weighted by Gasteiger charge is -2.36. The number of para-hydroxylation sites is 1. The van der Waals surface area contributed by atoms with Crippen molar-refractivity contribution in [2.24, 2.45) is 0 Å². The second-order valence-electron chi connectivity index (χ2n) is 8.77. The number of carbonyl (C=O) groups excluding carboxylic acids is 1. The molecular weight excluding hydrogens is 470 g/mol. The molecule has 2 aliphatic rings. The van der Waals surface area contributed by atoms with Crippen LogP contribution < -0.4 is 9.21 Å². The van der Waals surface area contributed by atoms with Crippen LogP contribution in [0.2, 0.25) is 5.02 Å². The maximum Gasteiger partial charge on any atom is 0.264 e. The summed E-state index contributed by atoms with van der Waals surface area (Å²) in [6.07, 6.45) is 0.561. The molecule has 1 fully saturated rings. The summed E-state index contributed by atoms with van der Waals surface area (Å²) in [5, 5.41) is 0.488. The molecule has 8 heteroatoms. The predicted octanol–water partition coefficient (Wildman–Crippen LogP) is 4.44. The van der Waals surface area contributed by atoms with Crippen molar-refractivity contribution in [3.8, 4) is 0 Å². The third kappa shape index (κ3) is 4.14. The van der Waals surface area contributed by atoms with E-state index >= 15 is 0 Å². The highest BCUT2D eigenvalue weighted by molar-refractivity contribution is 7.92. The van der Waals surface area contributed by atoms with Gasteiger partial charge in [-0.05, 0) is 73.5 Å². The molecule has 176 valence electrons. The first-order chi connectivity index (χ1) is 16.3. The van der Waals surface area contributed by atoms with Gasteiger partial charge in [0.2, 0.25) is 0 Å². The Morgan fingerprint density at radius 1 is 0.912 bits per heavy atom. The van der Waals surface area contributed by atoms with E-state index in [0.717, 1.165) is 18.7 Å². The van der Waals surface area contributed by atoms with E-state index < -0.39 is 10.0 Å². The Bertz CT molecular complexity index is 1300. The highest BCUT2D eigenvalue weighted by atomic mass is 35.5. The standard InChI is InChI=1S/C26H26ClN3O3S/c1-19-17-21-18-20(26(31)29-15-13-28(14-16-29)23-5-3-2-4-6-23)7-12-25(21)30(19)34(32,33)24-10-8-22(27)9-11-24/h2-12,18-19H,13-17H2,1H3/t19-/m1/s1. The van der Waals surface area contributed by atoms with Crippen molar-refractivity contribution in [3.63, 3.8) is 0 Å². The Balaban J connectivity index is 1.33. The van der Waals surface area contributed by atoms with E-state index in [2.05, 4.69) is 17.0 Å². The number of benzene rings is 3. The van der Waals surface area contributed by atoms with E-state index in [1.165, 1.54) is 22.1 Å². The Morgan fingerprint density at radius 3 is 2.26 bits per heavy atom. The summed E-state index contributed by atoms with van der Waals surface area (Å²) in [5.74, 6) is -0.0119. The molecule has 5 rings (SSSR count). The molecule has 1 saturated heterocycles. The van der Waals surface area contributed by atoms with Gasteiger partial charge in [-0.2, -0.15) is 0 Å². The number of hydrogen-bond acceptors (Lipinski definition) is 4. The molecule has 2 aliphatic heterocycles. The van der Waals surface area contributed by atoms with Crippen LogP contribution in [0.4, 0.5) is 11.4 Å². The molecule has 0 aromatic heterocycles. The fourth-order valence-electron chi connectivity index (χ4n) is 4.81. The molecule has 3 aromatic carbocycles. The van der Waals surface area contributed by atoms with Gasteiger partial charge in [0, 0.05) is 48.5 Å². The average molecular weight is 496 g/mol. The van der Waals surface area contributed by atoms with Crippen molar-refractivity contribution in [2.75, 3.05) is 35.4 Å². The Hall–Kier alpha value is -3.03. The second-order valence-corrected chi connectivity index (χ2v) is 11.0. The summed E-state index contributed by atoms with van der Waals surface area (Å²) in [6.45, 7) is 4.75. The molecule has 1 amide bonds. The highest BCUT2D eigenvalue weighted by Gasteiger charge is 2.36. The SMILES string of the molecule is C[C@@H]1Cc2cc(C(=O)N3CCN(c4ccccc4)CC3)ccc2N1S(=O)(=O)c1ccc(Cl)cc1. The monoisotopic (exact) mass is 495 g/mol. The number of hydrogen-bond donors (Lipinski definition) is 0. The van der Waals surface area contributed by atoms with Crippen molar-refractivity contribution >= 4 is 38.9 Å². The van der Waals surface area contributed by atoms with Crippen LogP contribution in [-0.4, -0.2) is 51.4 Å². The molecule has 1 atom stereocenters. The summed E-state index contributed by atoms with van der Waals surface area (Å²) in [7, 11) is -3.73. The molecule has 0 spiro atoms. The molecule has 0 unspecified atom stereocenters. The maximum atomic E-state index is 13.3. The van der Waals surface area contributed by atoms with Gasteiger partial charge < -0.3 is 9.80 Å². The normalized spacial score (nSPS) is 18.2. The molecule has 0 saturated carbocycles. The number of halogens is 1. The van der Waals surface area contributed by atoms with Crippen molar-refractivity contribution in [3.05, 3.63) is 88.9 Å². The van der Waals surface area contributed by atoms with Crippen molar-refractivity contribution in [2.45, 2.75) is 24.3 Å². The Kier molecular flexibility index (Phi) is 6.00. The van der Waals surface area contributed by atoms with Gasteiger partial charge in [-0.3, -0.25) is 9.10 Å². The number of piperazine rings is 1. The Morgan fingerprint density at radius 2 is 1.59 bits per heavy atom. The predicted molar refractivity (Wildman–Crippen MR) is 135 cm³/mol. The summed E-state index contributed by atoms with van der Waals surface area (Å²) in [5.41, 5.74) is 3.28. The minimum absolute atomic E-state index is 0.0119. The van der Waals surface area contributed by atoms with Gasteiger partial charge in [-0.25, -0.2) is 8.42 Å². The van der Waals surface area contributed by atoms with E-state index in [0.29, 0.717) is 35.8 Å². The van der Waals surface area contributed by atoms with E-state index in [1.54, 1.807) is 24.3 Å². The van der Waals surface area contributed by atoms with Crippen LogP contribution in [0.3, 0.4) is 0 Å². The third-order valence-electron chi connectivity index (χ3n) is 6.54. The lowest BCUT2D eigenvalue weighted by Crippen LogP contribution is -2.48. The summed E-state index contributed by atoms with van der Waals surface area (Å²) < 4.78 is 28.1. The summed E-state index contributed by atoms with van der Waals surface area (Å²) in [6, 6.07) is 21.5. The zero-order valence-corrected chi connectivity index (χ0v) is 20.5. The molecule has 0 N–H and O–H groups in total. The lowest BCUT2D eigenvalue weighted by atomic mass is 10.1. The smallest absolute Gasteiger partial charge is 0.264 e. The number of amides is 1. The van der Waals surface area contributed by atoms with Crippen LogP contribution in [0.15, 0.2) is 77.7 Å². The van der Waals surface area contributed by atoms with Gasteiger partial charge in [0.1, 0.15) is 0 Å². The molecule has 34 heavy (non-hydrogen) atoms. The number of anilines is 2. The first-order valence-corrected chi connectivity index (χ1v) is 13.2. The van der Waals surface area contributed by atoms with E-state index in [1.807, 2.05) is 36.1 Å². The van der Waals surface area contributed by atoms with Gasteiger partial charge in [-0.15, -0.1) is 0 Å². The van der Waals surface area contributed by atoms with Crippen LogP contribution >= 0.6 is 11.6 Å². The van der Waals surface area contributed by atoms with Crippen molar-refractivity contribution in [1.82, 2.24) is 4.90 Å². The quantitative estimate of drug-likeness (QED) is 0.536. The van der Waals surface area contributed by atoms with E-state index in [9.17, 15) is 13.2 Å². The van der Waals surface area contributed by atoms with Gasteiger partial charge >= 0.3 is 0 Å². The zero-order chi connectivity index (χ0) is 23.9. The highest BCUT2D eigenvalue weighted by Crippen LogP contribution is 2.37. The number of carbonyl (C=O) groups is 1. The second kappa shape index (κ2) is 8.96. The van der Waals surface area contributed by atoms with Crippen LogP contribution in [0.5, 0.6) is 0 Å². The lowest BCUT2D eigenvalue weighted by molar-refractivity contribution is 0.0746. The average Bonchev–Trinajstić information content (AvgIpc) is 3.20. The van der Waals surface area contributed by atoms with Crippen LogP contribution in [0.25, 0.3) is 0 Å². The molecule has 3 aromatic rings. The van der Waals surface area contributed by atoms with Gasteiger partial charge in [0.05, 0.1) is 10.6 Å². The van der Waals surface area contributed by atoms with Gasteiger partial charge in [0.15, 0.2) is 0 Å². The molecule has 0 aliphatic carbocycles. The fourth-order valence-corrected chi connectivity index (χ4v) is 6.63. The number of rotatable bonds is 4. The van der Waals surface area contributed by atoms with Crippen LogP contribution in [0.1, 0.15) is 22.8 Å². The zero-order valence-electron chi connectivity index (χ0n) is 18.9. The molecule has 6 nitrogen and oxygen atoms in total. The maximum absolute atomic E-state index is 13.3. The molecule has 0 bridgehead atoms. The minimum atomic E-state index is -3.73. The first kappa shape index (κ1) is 22.7. The summed E-state index contributed by atoms with van der Waals surface area (Å²) in [4.78, 5) is 17.6. The van der Waals surface area contributed by atoms with Gasteiger partial charge in [0.25, 0.3) is 15.9 Å². The Labute approximate surface area is 205 Å². The largest absolute Gasteiger partial charge is 0.368 e. The van der Waals surface area contributed by atoms with E-state index in [4.69, 9.17) is 11.6 Å². The summed E-state index contributed by atoms with van der Waals surface area (Å²) >= 11 is 5.93. The molecule has 2 heterocycles. The minimum Gasteiger partial charge on any atom is -0.368 e. The van der Waals surface area contributed by atoms with E-state index in [-0.39, 0.29) is 16.8 Å². The topological polar surface area (TPSA) is 60.9 Å².